The van der Waals surface area contributed by atoms with Crippen LogP contribution in [0.25, 0.3) is 0 Å². The van der Waals surface area contributed by atoms with Gasteiger partial charge in [0.25, 0.3) is 0 Å². The van der Waals surface area contributed by atoms with E-state index in [0.717, 1.165) is 6.42 Å². The average Bonchev–Trinajstić information content (AvgIpc) is 3.41. The molecule has 0 bridgehead atoms. The van der Waals surface area contributed by atoms with Crippen LogP contribution in [0.2, 0.25) is 0 Å². The first-order valence-corrected chi connectivity index (χ1v) is 17.4. The van der Waals surface area contributed by atoms with E-state index in [9.17, 15) is 35.5 Å². The molecular weight excluding hydrogens is 680 g/mol. The van der Waals surface area contributed by atoms with E-state index in [1.807, 2.05) is 6.08 Å². The number of hydroxylamine groups is 2. The highest BCUT2D eigenvalue weighted by molar-refractivity contribution is 5.75. The van der Waals surface area contributed by atoms with Crippen LogP contribution >= 0.6 is 0 Å². The summed E-state index contributed by atoms with van der Waals surface area (Å²) in [7, 11) is 0. The summed E-state index contributed by atoms with van der Waals surface area (Å²) in [5.41, 5.74) is 35.7. The number of aliphatic hydroxyl groups is 5. The Balaban J connectivity index is 1.53. The number of aliphatic hydroxyl groups excluding tert-OH is 5. The van der Waals surface area contributed by atoms with Crippen LogP contribution in [0.4, 0.5) is 0 Å². The SMILES string of the molecule is NCCCNCC1=CC[C@@H](N)[C@@H](O[C@H]2[C@H](O[C@@H]3O[C@H](CO)[C@@H](O[C@H]4O[C@@H](CN)[C@@H](O)[C@H](O)[C@H]4N)[C@H]3O)[C@@H](O)[C@H](CC(=O)N(O)CCN)C[C@@H]2N)O1. The van der Waals surface area contributed by atoms with Gasteiger partial charge in [0.15, 0.2) is 12.6 Å². The Morgan fingerprint density at radius 1 is 0.863 bits per heavy atom. The van der Waals surface area contributed by atoms with Gasteiger partial charge in [-0.25, -0.2) is 5.06 Å². The maximum atomic E-state index is 12.8. The van der Waals surface area contributed by atoms with Crippen molar-refractivity contribution in [3.05, 3.63) is 11.8 Å². The summed E-state index contributed by atoms with van der Waals surface area (Å²) in [4.78, 5) is 12.8. The van der Waals surface area contributed by atoms with Gasteiger partial charge in [-0.1, -0.05) is 0 Å². The van der Waals surface area contributed by atoms with Crippen LogP contribution in [-0.4, -0.2) is 180 Å². The lowest BCUT2D eigenvalue weighted by atomic mass is 9.77. The molecule has 51 heavy (non-hydrogen) atoms. The molecule has 1 amide bonds. The fraction of sp³-hybridized carbons (Fsp3) is 0.900. The van der Waals surface area contributed by atoms with E-state index in [0.29, 0.717) is 36.9 Å². The van der Waals surface area contributed by atoms with Gasteiger partial charge in [0.1, 0.15) is 54.6 Å². The smallest absolute Gasteiger partial charge is 0.246 e. The van der Waals surface area contributed by atoms with Crippen LogP contribution in [0.5, 0.6) is 0 Å². The van der Waals surface area contributed by atoms with E-state index >= 15 is 0 Å². The lowest BCUT2D eigenvalue weighted by molar-refractivity contribution is -0.283. The van der Waals surface area contributed by atoms with Crippen LogP contribution in [0.1, 0.15) is 25.7 Å². The van der Waals surface area contributed by atoms with Gasteiger partial charge in [-0.2, -0.15) is 0 Å². The predicted molar refractivity (Wildman–Crippen MR) is 175 cm³/mol. The molecule has 19 N–H and O–H groups in total. The Kier molecular flexibility index (Phi) is 16.1. The second-order valence-corrected chi connectivity index (χ2v) is 13.4. The Hall–Kier alpha value is -1.71. The number of nitrogens with two attached hydrogens (primary N) is 6. The molecule has 1 saturated carbocycles. The zero-order chi connectivity index (χ0) is 37.4. The van der Waals surface area contributed by atoms with E-state index in [-0.39, 0.29) is 32.5 Å². The molecule has 0 unspecified atom stereocenters. The number of hydrogen-bond donors (Lipinski definition) is 13. The number of rotatable bonds is 17. The molecule has 3 fully saturated rings. The topological polar surface area (TPSA) is 365 Å². The van der Waals surface area contributed by atoms with Crippen LogP contribution in [0, 0.1) is 5.92 Å². The standard InChI is InChI=1S/C30H58N8O13/c31-4-1-6-37-11-14-2-3-15(34)28(46-14)49-25-16(35)8-13(9-19(40)38(45)7-5-32)21(41)27(25)51-30-24(44)26(18(12-39)48-30)50-29-20(36)23(43)22(42)17(10-33)47-29/h2,13,15-18,20-30,37,39,41-45H,1,3-12,31-36H2/t13-,15+,16-,17-,18+,20+,21-,22+,23+,24+,25+,26+,27+,28+,29+,30-/m0/s1. The molecule has 1 aliphatic carbocycles. The van der Waals surface area contributed by atoms with Gasteiger partial charge in [-0.15, -0.1) is 0 Å². The van der Waals surface area contributed by atoms with Crippen LogP contribution < -0.4 is 39.7 Å². The van der Waals surface area contributed by atoms with Crippen LogP contribution in [0.3, 0.4) is 0 Å². The zero-order valence-electron chi connectivity index (χ0n) is 28.5. The number of nitrogens with one attached hydrogen (secondary N) is 1. The molecule has 4 aliphatic rings. The molecule has 0 aromatic carbocycles. The van der Waals surface area contributed by atoms with E-state index in [2.05, 4.69) is 5.32 Å². The largest absolute Gasteiger partial charge is 0.467 e. The van der Waals surface area contributed by atoms with Crippen molar-refractivity contribution < 1.29 is 64.0 Å². The van der Waals surface area contributed by atoms with Gasteiger partial charge in [-0.05, 0) is 44.3 Å². The molecule has 2 saturated heterocycles. The van der Waals surface area contributed by atoms with E-state index in [1.54, 1.807) is 0 Å². The highest BCUT2D eigenvalue weighted by Crippen LogP contribution is 2.37. The summed E-state index contributed by atoms with van der Waals surface area (Å²) in [5, 5.41) is 67.6. The Labute approximate surface area is 296 Å². The maximum Gasteiger partial charge on any atom is 0.246 e. The fourth-order valence-electron chi connectivity index (χ4n) is 6.66. The molecule has 0 aromatic rings. The van der Waals surface area contributed by atoms with Crippen molar-refractivity contribution in [2.24, 2.45) is 40.3 Å². The Bertz CT molecular complexity index is 1120. The van der Waals surface area contributed by atoms with Crippen molar-refractivity contribution in [2.45, 2.75) is 118 Å². The summed E-state index contributed by atoms with van der Waals surface area (Å²) >= 11 is 0. The third-order valence-electron chi connectivity index (χ3n) is 9.62. The summed E-state index contributed by atoms with van der Waals surface area (Å²) < 4.78 is 35.9. The van der Waals surface area contributed by atoms with Gasteiger partial charge in [0.2, 0.25) is 12.2 Å². The molecule has 16 atom stereocenters. The molecule has 3 aliphatic heterocycles. The van der Waals surface area contributed by atoms with Gasteiger partial charge in [-0.3, -0.25) is 10.0 Å². The molecule has 4 rings (SSSR count). The molecule has 0 aromatic heterocycles. The monoisotopic (exact) mass is 738 g/mol. The van der Waals surface area contributed by atoms with E-state index in [4.69, 9.17) is 62.8 Å². The Morgan fingerprint density at radius 3 is 2.22 bits per heavy atom. The summed E-state index contributed by atoms with van der Waals surface area (Å²) in [5.74, 6) is -0.977. The van der Waals surface area contributed by atoms with Crippen molar-refractivity contribution in [1.29, 1.82) is 0 Å². The molecule has 3 heterocycles. The normalized spacial score (nSPS) is 41.6. The number of nitrogens with zero attached hydrogens (tertiary/aromatic N) is 1. The number of carbonyl (C=O) groups is 1. The average molecular weight is 739 g/mol. The van der Waals surface area contributed by atoms with Crippen molar-refractivity contribution in [3.63, 3.8) is 0 Å². The molecular formula is C30H58N8O13. The minimum atomic E-state index is -1.64. The van der Waals surface area contributed by atoms with Gasteiger partial charge in [0, 0.05) is 25.6 Å². The van der Waals surface area contributed by atoms with E-state index < -0.39 is 110 Å². The van der Waals surface area contributed by atoms with Crippen molar-refractivity contribution in [3.8, 4) is 0 Å². The van der Waals surface area contributed by atoms with Gasteiger partial charge < -0.3 is 93.7 Å². The first kappa shape index (κ1) is 42.0. The van der Waals surface area contributed by atoms with Crippen molar-refractivity contribution >= 4 is 5.91 Å². The predicted octanol–water partition coefficient (Wildman–Crippen LogP) is -6.88. The highest BCUT2D eigenvalue weighted by atomic mass is 16.8. The maximum absolute atomic E-state index is 12.8. The molecule has 21 nitrogen and oxygen atoms in total. The van der Waals surface area contributed by atoms with Gasteiger partial charge in [0.05, 0.1) is 37.9 Å². The number of amides is 1. The van der Waals surface area contributed by atoms with Crippen LogP contribution in [0.15, 0.2) is 11.8 Å². The number of hydrogen-bond acceptors (Lipinski definition) is 20. The Morgan fingerprint density at radius 2 is 1.55 bits per heavy atom. The lowest BCUT2D eigenvalue weighted by Gasteiger charge is -2.46. The minimum absolute atomic E-state index is 0.00658. The first-order chi connectivity index (χ1) is 24.3. The fourth-order valence-corrected chi connectivity index (χ4v) is 6.66. The second kappa shape index (κ2) is 19.6. The van der Waals surface area contributed by atoms with Gasteiger partial charge >= 0.3 is 0 Å². The summed E-state index contributed by atoms with van der Waals surface area (Å²) in [6.45, 7) is 0.620. The third-order valence-corrected chi connectivity index (χ3v) is 9.62. The molecule has 21 heteroatoms. The van der Waals surface area contributed by atoms with Crippen LogP contribution in [-0.2, 0) is 33.2 Å². The minimum Gasteiger partial charge on any atom is -0.467 e. The molecule has 0 radical (unpaired) electrons. The highest BCUT2D eigenvalue weighted by Gasteiger charge is 2.54. The number of carbonyl (C=O) groups excluding carboxylic acids is 1. The second-order valence-electron chi connectivity index (χ2n) is 13.4. The van der Waals surface area contributed by atoms with Crippen molar-refractivity contribution in [2.75, 3.05) is 45.9 Å². The number of ether oxygens (including phenoxy) is 6. The lowest BCUT2D eigenvalue weighted by Crippen LogP contribution is -2.64. The summed E-state index contributed by atoms with van der Waals surface area (Å²) in [6.07, 6.45) is -13.2. The molecule has 0 spiro atoms. The molecule has 296 valence electrons. The quantitative estimate of drug-likeness (QED) is 0.0374. The first-order valence-electron chi connectivity index (χ1n) is 17.4. The third kappa shape index (κ3) is 10.3. The van der Waals surface area contributed by atoms with E-state index in [1.165, 1.54) is 0 Å². The zero-order valence-corrected chi connectivity index (χ0v) is 28.5. The summed E-state index contributed by atoms with van der Waals surface area (Å²) in [6, 6.07) is -2.76. The van der Waals surface area contributed by atoms with Crippen molar-refractivity contribution in [1.82, 2.24) is 10.4 Å².